The Morgan fingerprint density at radius 3 is 1.94 bits per heavy atom. The van der Waals surface area contributed by atoms with E-state index in [1.165, 1.54) is 0 Å². The summed E-state index contributed by atoms with van der Waals surface area (Å²) in [7, 11) is 0. The van der Waals surface area contributed by atoms with Crippen LogP contribution in [0.5, 0.6) is 0 Å². The van der Waals surface area contributed by atoms with Gasteiger partial charge in [0.05, 0.1) is 5.69 Å². The number of allylic oxidation sites excluding steroid dienone is 5. The highest BCUT2D eigenvalue weighted by Crippen LogP contribution is 2.42. The Bertz CT molecular complexity index is 1390. The van der Waals surface area contributed by atoms with Crippen LogP contribution in [0.25, 0.3) is 16.7 Å². The number of para-hydroxylation sites is 1. The molecule has 4 nitrogen and oxygen atoms in total. The number of hydrogen-bond donors (Lipinski definition) is 0. The van der Waals surface area contributed by atoms with Gasteiger partial charge < -0.3 is 4.42 Å². The van der Waals surface area contributed by atoms with Gasteiger partial charge in [-0.1, -0.05) is 77.9 Å². The van der Waals surface area contributed by atoms with Gasteiger partial charge in [-0.15, -0.1) is 5.11 Å². The molecule has 3 aromatic rings. The van der Waals surface area contributed by atoms with Gasteiger partial charge in [0.2, 0.25) is 0 Å². The summed E-state index contributed by atoms with van der Waals surface area (Å²) in [6.07, 6.45) is 3.94. The highest BCUT2D eigenvalue weighted by Gasteiger charge is 2.35. The number of carbonyl (C=O) groups excluding carboxylic acids is 1. The number of benzene rings is 2. The summed E-state index contributed by atoms with van der Waals surface area (Å²) in [4.78, 5) is 13.5. The smallest absolute Gasteiger partial charge is 0.186 e. The average Bonchev–Trinajstić information content (AvgIpc) is 3.11. The van der Waals surface area contributed by atoms with E-state index in [1.807, 2.05) is 68.5 Å². The lowest BCUT2D eigenvalue weighted by Crippen LogP contribution is -2.28. The van der Waals surface area contributed by atoms with E-state index < -0.39 is 0 Å². The van der Waals surface area contributed by atoms with Gasteiger partial charge in [-0.25, -0.2) is 0 Å². The number of hydrogen-bond acceptors (Lipinski definition) is 4. The molecule has 35 heavy (non-hydrogen) atoms. The number of fused-ring (bicyclic) bond motifs is 1. The monoisotopic (exact) mass is 466 g/mol. The molecule has 2 aromatic carbocycles. The van der Waals surface area contributed by atoms with Crippen molar-refractivity contribution in [3.05, 3.63) is 94.3 Å². The van der Waals surface area contributed by atoms with Crippen molar-refractivity contribution in [1.29, 1.82) is 0 Å². The second kappa shape index (κ2) is 8.92. The Labute approximate surface area is 208 Å². The van der Waals surface area contributed by atoms with Gasteiger partial charge in [-0.3, -0.25) is 4.79 Å². The normalized spacial score (nSPS) is 15.1. The zero-order valence-electron chi connectivity index (χ0n) is 22.0. The van der Waals surface area contributed by atoms with Crippen LogP contribution in [0.3, 0.4) is 0 Å². The van der Waals surface area contributed by atoms with Crippen molar-refractivity contribution in [2.45, 2.75) is 55.4 Å². The minimum absolute atomic E-state index is 0.0882. The number of Topliss-reactive ketones (excluding diaryl/α,β-unsaturated/α-hetero) is 1. The number of furan rings is 1. The molecule has 0 aliphatic heterocycles. The average molecular weight is 467 g/mol. The Morgan fingerprint density at radius 2 is 1.37 bits per heavy atom. The molecule has 0 spiro atoms. The molecule has 1 aliphatic rings. The molecule has 0 bridgehead atoms. The summed E-state index contributed by atoms with van der Waals surface area (Å²) in [5.74, 6) is 0.757. The maximum atomic E-state index is 13.5. The fraction of sp³-hybridized carbons (Fsp3) is 0.323. The summed E-state index contributed by atoms with van der Waals surface area (Å²) in [6, 6.07) is 15.9. The number of aryl methyl sites for hydroxylation is 2. The zero-order chi connectivity index (χ0) is 25.5. The van der Waals surface area contributed by atoms with Crippen LogP contribution in [0.4, 0.5) is 5.69 Å². The molecule has 180 valence electrons. The van der Waals surface area contributed by atoms with Crippen LogP contribution in [0.2, 0.25) is 0 Å². The van der Waals surface area contributed by atoms with E-state index in [4.69, 9.17) is 9.53 Å². The Hall–Kier alpha value is -3.53. The van der Waals surface area contributed by atoms with E-state index >= 15 is 0 Å². The van der Waals surface area contributed by atoms with E-state index in [2.05, 4.69) is 52.7 Å². The van der Waals surface area contributed by atoms with Crippen molar-refractivity contribution >= 4 is 28.1 Å². The fourth-order valence-corrected chi connectivity index (χ4v) is 4.29. The molecule has 0 saturated heterocycles. The van der Waals surface area contributed by atoms with Crippen LogP contribution in [0.1, 0.15) is 58.4 Å². The molecule has 1 aromatic heterocycles. The number of carbonyl (C=O) groups is 1. The van der Waals surface area contributed by atoms with Crippen molar-refractivity contribution in [2.24, 2.45) is 21.1 Å². The first kappa shape index (κ1) is 24.6. The molecule has 0 atom stereocenters. The lowest BCUT2D eigenvalue weighted by atomic mass is 9.71. The molecule has 0 fully saturated rings. The molecule has 4 rings (SSSR count). The number of nitrogens with zero attached hydrogens (tertiary/aromatic N) is 2. The molecule has 0 N–H and O–H groups in total. The van der Waals surface area contributed by atoms with Crippen molar-refractivity contribution in [3.8, 4) is 0 Å². The van der Waals surface area contributed by atoms with Crippen molar-refractivity contribution in [2.75, 3.05) is 0 Å². The first-order chi connectivity index (χ1) is 16.4. The maximum absolute atomic E-state index is 13.5. The number of rotatable bonds is 3. The third-order valence-corrected chi connectivity index (χ3v) is 6.41. The summed E-state index contributed by atoms with van der Waals surface area (Å²) >= 11 is 0. The third-order valence-electron chi connectivity index (χ3n) is 6.41. The van der Waals surface area contributed by atoms with Crippen molar-refractivity contribution in [1.82, 2.24) is 0 Å². The van der Waals surface area contributed by atoms with E-state index in [1.54, 1.807) is 0 Å². The summed E-state index contributed by atoms with van der Waals surface area (Å²) < 4.78 is 6.35. The second-order valence-corrected chi connectivity index (χ2v) is 11.3. The molecule has 1 heterocycles. The molecule has 0 radical (unpaired) electrons. The summed E-state index contributed by atoms with van der Waals surface area (Å²) in [6.45, 7) is 16.5. The predicted octanol–water partition coefficient (Wildman–Crippen LogP) is 9.07. The van der Waals surface area contributed by atoms with Gasteiger partial charge in [0.15, 0.2) is 11.5 Å². The van der Waals surface area contributed by atoms with Crippen LogP contribution in [-0.2, 0) is 4.79 Å². The van der Waals surface area contributed by atoms with Gasteiger partial charge >= 0.3 is 0 Å². The van der Waals surface area contributed by atoms with E-state index in [0.717, 1.165) is 44.5 Å². The lowest BCUT2D eigenvalue weighted by Gasteiger charge is -2.31. The topological polar surface area (TPSA) is 54.9 Å². The minimum atomic E-state index is -0.325. The fourth-order valence-electron chi connectivity index (χ4n) is 4.29. The highest BCUT2D eigenvalue weighted by atomic mass is 16.3. The Kier molecular flexibility index (Phi) is 6.27. The van der Waals surface area contributed by atoms with E-state index in [0.29, 0.717) is 11.5 Å². The number of ketones is 1. The van der Waals surface area contributed by atoms with E-state index in [-0.39, 0.29) is 16.6 Å². The predicted molar refractivity (Wildman–Crippen MR) is 144 cm³/mol. The van der Waals surface area contributed by atoms with Gasteiger partial charge in [0.1, 0.15) is 11.3 Å². The molecular weight excluding hydrogens is 432 g/mol. The van der Waals surface area contributed by atoms with Crippen molar-refractivity contribution in [3.63, 3.8) is 0 Å². The van der Waals surface area contributed by atoms with Crippen LogP contribution >= 0.6 is 0 Å². The van der Waals surface area contributed by atoms with E-state index in [9.17, 15) is 4.79 Å². The third kappa shape index (κ3) is 4.84. The lowest BCUT2D eigenvalue weighted by molar-refractivity contribution is -0.114. The van der Waals surface area contributed by atoms with Crippen LogP contribution < -0.4 is 0 Å². The van der Waals surface area contributed by atoms with Crippen LogP contribution in [-0.4, -0.2) is 5.78 Å². The highest BCUT2D eigenvalue weighted by molar-refractivity contribution is 6.12. The van der Waals surface area contributed by atoms with Crippen LogP contribution in [0, 0.1) is 24.7 Å². The molecule has 0 unspecified atom stereocenters. The zero-order valence-corrected chi connectivity index (χ0v) is 22.0. The molecule has 4 heteroatoms. The summed E-state index contributed by atoms with van der Waals surface area (Å²) in [5, 5.41) is 10.4. The molecule has 0 saturated carbocycles. The van der Waals surface area contributed by atoms with Crippen LogP contribution in [0.15, 0.2) is 92.0 Å². The molecule has 0 amide bonds. The molecular formula is C31H34N2O2. The largest absolute Gasteiger partial charge is 0.454 e. The number of azo groups is 1. The summed E-state index contributed by atoms with van der Waals surface area (Å²) in [5.41, 5.74) is 5.97. The Balaban J connectivity index is 2.05. The quantitative estimate of drug-likeness (QED) is 0.361. The van der Waals surface area contributed by atoms with Gasteiger partial charge in [-0.05, 0) is 54.5 Å². The van der Waals surface area contributed by atoms with Gasteiger partial charge in [0, 0.05) is 27.7 Å². The molecule has 1 aliphatic carbocycles. The van der Waals surface area contributed by atoms with Gasteiger partial charge in [-0.2, -0.15) is 5.11 Å². The standard InChI is InChI=1S/C31H34N2O2/c1-19-13-9-11-15-25(19)32-33-27(29-20(2)22-14-10-12-16-26(22)35-29)21-17-23(30(3,4)5)28(34)24(18-21)31(6,7)8/h9-18H,1-8H3. The second-order valence-electron chi connectivity index (χ2n) is 11.3. The van der Waals surface area contributed by atoms with Gasteiger partial charge in [0.25, 0.3) is 0 Å². The first-order valence-corrected chi connectivity index (χ1v) is 12.1. The first-order valence-electron chi connectivity index (χ1n) is 12.1. The maximum Gasteiger partial charge on any atom is 0.186 e. The SMILES string of the molecule is Cc1ccccc1N=NC(=C1C=C(C(C)(C)C)C(=O)C(C(C)(C)C)=C1)c1oc2ccccc2c1C. The Morgan fingerprint density at radius 1 is 0.800 bits per heavy atom. The van der Waals surface area contributed by atoms with Crippen molar-refractivity contribution < 1.29 is 9.21 Å². The minimum Gasteiger partial charge on any atom is -0.454 e.